The van der Waals surface area contributed by atoms with Crippen molar-refractivity contribution in [2.45, 2.75) is 162 Å². The number of hydrogen-bond donors (Lipinski definition) is 2. The molecule has 3 atom stereocenters. The smallest absolute Gasteiger partial charge is 0.457 e. The Balaban J connectivity index is 1.88. The highest BCUT2D eigenvalue weighted by Crippen LogP contribution is 2.40. The second kappa shape index (κ2) is 15.9. The number of hydrogen-bond acceptors (Lipinski definition) is 9. The highest BCUT2D eigenvalue weighted by atomic mass is 16.7. The van der Waals surface area contributed by atoms with Gasteiger partial charge in [0.05, 0.1) is 11.2 Å². The van der Waals surface area contributed by atoms with Crippen LogP contribution >= 0.6 is 0 Å². The molecule has 2 saturated heterocycles. The zero-order valence-electron chi connectivity index (χ0n) is 32.3. The van der Waals surface area contributed by atoms with Gasteiger partial charge in [0.1, 0.15) is 29.4 Å². The van der Waals surface area contributed by atoms with E-state index < -0.39 is 71.2 Å². The summed E-state index contributed by atoms with van der Waals surface area (Å²) in [5.74, 6) is -1.30. The van der Waals surface area contributed by atoms with Crippen molar-refractivity contribution >= 4 is 31.2 Å². The summed E-state index contributed by atoms with van der Waals surface area (Å²) in [6.07, 6.45) is 0.756. The van der Waals surface area contributed by atoms with Gasteiger partial charge in [-0.3, -0.25) is 9.69 Å². The van der Waals surface area contributed by atoms with E-state index in [-0.39, 0.29) is 31.9 Å². The lowest BCUT2D eigenvalue weighted by molar-refractivity contribution is -0.158. The first-order valence-corrected chi connectivity index (χ1v) is 17.8. The molecule has 2 unspecified atom stereocenters. The quantitative estimate of drug-likeness (QED) is 0.110. The third kappa shape index (κ3) is 11.1. The Morgan fingerprint density at radius 2 is 1.50 bits per heavy atom. The van der Waals surface area contributed by atoms with Gasteiger partial charge >= 0.3 is 25.3 Å². The van der Waals surface area contributed by atoms with Crippen molar-refractivity contribution in [1.82, 2.24) is 15.5 Å². The normalized spacial score (nSPS) is 22.2. The number of benzene rings is 1. The molecule has 0 radical (unpaired) electrons. The first-order chi connectivity index (χ1) is 22.9. The van der Waals surface area contributed by atoms with Gasteiger partial charge in [-0.15, -0.1) is 0 Å². The van der Waals surface area contributed by atoms with Crippen molar-refractivity contribution < 1.29 is 42.7 Å². The summed E-state index contributed by atoms with van der Waals surface area (Å²) in [7, 11) is -0.399. The molecule has 1 aromatic carbocycles. The fourth-order valence-electron chi connectivity index (χ4n) is 6.10. The molecule has 0 aliphatic carbocycles. The van der Waals surface area contributed by atoms with Gasteiger partial charge in [-0.2, -0.15) is 0 Å². The molecule has 0 aromatic heterocycles. The number of esters is 1. The lowest BCUT2D eigenvalue weighted by Crippen LogP contribution is -2.55. The highest BCUT2D eigenvalue weighted by molar-refractivity contribution is 6.45. The zero-order valence-corrected chi connectivity index (χ0v) is 32.3. The summed E-state index contributed by atoms with van der Waals surface area (Å²) in [6.45, 7) is 22.2. The van der Waals surface area contributed by atoms with Gasteiger partial charge in [0, 0.05) is 19.0 Å². The average molecular weight is 702 g/mol. The maximum absolute atomic E-state index is 14.3. The maximum atomic E-state index is 14.3. The van der Waals surface area contributed by atoms with Crippen LogP contribution in [0, 0.1) is 5.92 Å². The first kappa shape index (κ1) is 41.1. The molecule has 280 valence electrons. The number of nitrogens with one attached hydrogen (secondary N) is 2. The average Bonchev–Trinajstić information content (AvgIpc) is 3.43. The Morgan fingerprint density at radius 1 is 0.920 bits per heavy atom. The van der Waals surface area contributed by atoms with Crippen LogP contribution in [0.2, 0.25) is 6.32 Å². The Morgan fingerprint density at radius 3 is 2.04 bits per heavy atom. The van der Waals surface area contributed by atoms with E-state index >= 15 is 0 Å². The highest BCUT2D eigenvalue weighted by Gasteiger charge is 2.56. The fraction of sp³-hybridized carbons (Fsp3) is 0.730. The number of carbonyl (C=O) groups excluding carboxylic acids is 4. The third-order valence-electron chi connectivity index (χ3n) is 9.26. The largest absolute Gasteiger partial charge is 0.459 e. The molecule has 2 N–H and O–H groups in total. The Bertz CT molecular complexity index is 1320. The fourth-order valence-corrected chi connectivity index (χ4v) is 6.10. The van der Waals surface area contributed by atoms with Gasteiger partial charge in [0.25, 0.3) is 0 Å². The molecule has 2 aliphatic heterocycles. The van der Waals surface area contributed by atoms with Crippen LogP contribution in [0.3, 0.4) is 0 Å². The summed E-state index contributed by atoms with van der Waals surface area (Å²) in [6, 6.07) is 7.76. The molecular weight excluding hydrogens is 641 g/mol. The van der Waals surface area contributed by atoms with E-state index in [0.717, 1.165) is 5.56 Å². The molecule has 0 saturated carbocycles. The second-order valence-corrected chi connectivity index (χ2v) is 16.9. The molecule has 13 heteroatoms. The number of likely N-dealkylation sites (tertiary alicyclic amines) is 1. The molecule has 0 bridgehead atoms. The number of alkyl carbamates (subject to hydrolysis) is 1. The molecule has 3 rings (SSSR count). The lowest BCUT2D eigenvalue weighted by atomic mass is 9.80. The number of nitrogens with zero attached hydrogens (tertiary/aromatic N) is 1. The standard InChI is InChI=1S/C37H60BN3O9/c1-25(2)28(40-31(44)47-33(3,4)5)29(42)39-27-22-37(41(23-27)32(45)48-34(6,7)8,30(43)46-24-26-18-14-13-15-19-26)20-16-17-21-38-49-35(9,10)36(11,12)50-38/h13-15,18-19,25,27-28H,16-17,20-24H2,1-12H3,(H,39,42)(H,40,44)/t27?,28?,37-/m1/s1. The van der Waals surface area contributed by atoms with E-state index in [2.05, 4.69) is 10.6 Å². The Hall–Kier alpha value is -3.32. The van der Waals surface area contributed by atoms with Gasteiger partial charge in [0.15, 0.2) is 0 Å². The topological polar surface area (TPSA) is 142 Å². The van der Waals surface area contributed by atoms with Crippen LogP contribution in [0.25, 0.3) is 0 Å². The van der Waals surface area contributed by atoms with Gasteiger partial charge in [-0.05, 0) is 93.5 Å². The number of rotatable bonds is 12. The van der Waals surface area contributed by atoms with Gasteiger partial charge in [0.2, 0.25) is 5.91 Å². The Kier molecular flexibility index (Phi) is 13.1. The van der Waals surface area contributed by atoms with Crippen molar-refractivity contribution in [3.05, 3.63) is 35.9 Å². The van der Waals surface area contributed by atoms with E-state index in [0.29, 0.717) is 19.2 Å². The predicted molar refractivity (Wildman–Crippen MR) is 191 cm³/mol. The summed E-state index contributed by atoms with van der Waals surface area (Å²) in [4.78, 5) is 55.9. The molecule has 12 nitrogen and oxygen atoms in total. The van der Waals surface area contributed by atoms with Crippen molar-refractivity contribution in [1.29, 1.82) is 0 Å². The van der Waals surface area contributed by atoms with E-state index in [4.69, 9.17) is 23.5 Å². The van der Waals surface area contributed by atoms with Gasteiger partial charge in [-0.25, -0.2) is 14.4 Å². The minimum absolute atomic E-state index is 0.00949. The van der Waals surface area contributed by atoms with Crippen LogP contribution in [0.1, 0.15) is 114 Å². The summed E-state index contributed by atoms with van der Waals surface area (Å²) in [5.41, 5.74) is -3.14. The van der Waals surface area contributed by atoms with Crippen LogP contribution in [-0.2, 0) is 39.7 Å². The van der Waals surface area contributed by atoms with Crippen LogP contribution in [0.15, 0.2) is 30.3 Å². The predicted octanol–water partition coefficient (Wildman–Crippen LogP) is 6.41. The number of amides is 3. The second-order valence-electron chi connectivity index (χ2n) is 16.9. The minimum Gasteiger partial charge on any atom is -0.459 e. The minimum atomic E-state index is -1.43. The number of unbranched alkanes of at least 4 members (excludes halogenated alkanes) is 1. The molecule has 1 aromatic rings. The van der Waals surface area contributed by atoms with Crippen LogP contribution in [0.4, 0.5) is 9.59 Å². The van der Waals surface area contributed by atoms with E-state index in [1.54, 1.807) is 41.5 Å². The van der Waals surface area contributed by atoms with E-state index in [9.17, 15) is 19.2 Å². The molecule has 2 fully saturated rings. The van der Waals surface area contributed by atoms with Crippen LogP contribution in [-0.4, -0.2) is 82.7 Å². The SMILES string of the molecule is CC(C)C(NC(=O)OC(C)(C)C)C(=O)NC1CN(C(=O)OC(C)(C)C)[C@@](CCCCB2OC(C)(C)C(C)(C)O2)(C(=O)OCc2ccccc2)C1. The van der Waals surface area contributed by atoms with Crippen LogP contribution in [0.5, 0.6) is 0 Å². The molecular formula is C37H60BN3O9. The molecule has 0 spiro atoms. The van der Waals surface area contributed by atoms with Gasteiger partial charge in [-0.1, -0.05) is 57.0 Å². The van der Waals surface area contributed by atoms with E-state index in [1.807, 2.05) is 71.9 Å². The summed E-state index contributed by atoms with van der Waals surface area (Å²) >= 11 is 0. The van der Waals surface area contributed by atoms with Crippen molar-refractivity contribution in [2.24, 2.45) is 5.92 Å². The molecule has 2 heterocycles. The first-order valence-electron chi connectivity index (χ1n) is 17.8. The summed E-state index contributed by atoms with van der Waals surface area (Å²) < 4.78 is 29.5. The number of carbonyl (C=O) groups is 4. The molecule has 50 heavy (non-hydrogen) atoms. The molecule has 2 aliphatic rings. The van der Waals surface area contributed by atoms with E-state index in [1.165, 1.54) is 4.90 Å². The maximum Gasteiger partial charge on any atom is 0.457 e. The van der Waals surface area contributed by atoms with Gasteiger partial charge < -0.3 is 34.2 Å². The van der Waals surface area contributed by atoms with Crippen molar-refractivity contribution in [3.8, 4) is 0 Å². The molecule has 3 amide bonds. The third-order valence-corrected chi connectivity index (χ3v) is 9.26. The monoisotopic (exact) mass is 701 g/mol. The van der Waals surface area contributed by atoms with Crippen molar-refractivity contribution in [3.63, 3.8) is 0 Å². The zero-order chi connectivity index (χ0) is 37.7. The van der Waals surface area contributed by atoms with Crippen LogP contribution < -0.4 is 10.6 Å². The number of ether oxygens (including phenoxy) is 3. The Labute approximate surface area is 299 Å². The summed E-state index contributed by atoms with van der Waals surface area (Å²) in [5, 5.41) is 5.69. The van der Waals surface area contributed by atoms with Crippen molar-refractivity contribution in [2.75, 3.05) is 6.54 Å². The lowest BCUT2D eigenvalue weighted by Gasteiger charge is -2.37.